The Kier molecular flexibility index (Phi) is 3.98. The molecule has 2 heterocycles. The summed E-state index contributed by atoms with van der Waals surface area (Å²) in [5, 5.41) is 19.5. The van der Waals surface area contributed by atoms with Gasteiger partial charge in [0.2, 0.25) is 5.91 Å². The molecule has 0 saturated carbocycles. The molecule has 0 aliphatic carbocycles. The van der Waals surface area contributed by atoms with Crippen molar-refractivity contribution >= 4 is 11.7 Å². The highest BCUT2D eigenvalue weighted by atomic mass is 16.3. The van der Waals surface area contributed by atoms with E-state index in [1.807, 2.05) is 36.5 Å². The summed E-state index contributed by atoms with van der Waals surface area (Å²) in [5.74, 6) is 0.371. The van der Waals surface area contributed by atoms with Crippen LogP contribution in [0.5, 0.6) is 0 Å². The third-order valence-corrected chi connectivity index (χ3v) is 3.50. The molecule has 3 N–H and O–H groups in total. The highest BCUT2D eigenvalue weighted by Gasteiger charge is 2.28. The third-order valence-electron chi connectivity index (χ3n) is 3.50. The Morgan fingerprint density at radius 2 is 2.19 bits per heavy atom. The van der Waals surface area contributed by atoms with Gasteiger partial charge in [-0.15, -0.1) is 0 Å². The highest BCUT2D eigenvalue weighted by Crippen LogP contribution is 2.10. The largest absolute Gasteiger partial charge is 0.392 e. The second-order valence-corrected chi connectivity index (χ2v) is 5.22. The van der Waals surface area contributed by atoms with Crippen LogP contribution in [0.1, 0.15) is 12.0 Å². The van der Waals surface area contributed by atoms with Crippen molar-refractivity contribution in [2.45, 2.75) is 25.1 Å². The quantitative estimate of drug-likeness (QED) is 0.769. The van der Waals surface area contributed by atoms with E-state index in [1.165, 1.54) is 0 Å². The van der Waals surface area contributed by atoms with Crippen LogP contribution in [-0.4, -0.2) is 39.5 Å². The molecule has 6 nitrogen and oxygen atoms in total. The van der Waals surface area contributed by atoms with Gasteiger partial charge in [0.15, 0.2) is 5.82 Å². The molecule has 2 atom stereocenters. The molecule has 1 aromatic carbocycles. The van der Waals surface area contributed by atoms with Crippen molar-refractivity contribution in [2.24, 2.45) is 0 Å². The summed E-state index contributed by atoms with van der Waals surface area (Å²) >= 11 is 0. The van der Waals surface area contributed by atoms with E-state index in [-0.39, 0.29) is 11.9 Å². The van der Waals surface area contributed by atoms with E-state index in [0.29, 0.717) is 25.3 Å². The Morgan fingerprint density at radius 3 is 2.90 bits per heavy atom. The number of nitrogens with one attached hydrogen (secondary N) is 2. The van der Waals surface area contributed by atoms with E-state index in [0.717, 1.165) is 5.56 Å². The second-order valence-electron chi connectivity index (χ2n) is 5.22. The molecule has 1 fully saturated rings. The van der Waals surface area contributed by atoms with Crippen molar-refractivity contribution in [1.82, 2.24) is 15.1 Å². The normalized spacial score (nSPS) is 21.4. The minimum atomic E-state index is -0.448. The molecule has 1 aliphatic heterocycles. The van der Waals surface area contributed by atoms with Crippen LogP contribution in [-0.2, 0) is 11.3 Å². The summed E-state index contributed by atoms with van der Waals surface area (Å²) in [6, 6.07) is 11.4. The Bertz CT molecular complexity index is 611. The third kappa shape index (κ3) is 3.48. The predicted octanol–water partition coefficient (Wildman–Crippen LogP) is 0.593. The van der Waals surface area contributed by atoms with Crippen LogP contribution in [0.15, 0.2) is 42.6 Å². The van der Waals surface area contributed by atoms with Gasteiger partial charge in [-0.05, 0) is 12.0 Å². The molecule has 1 saturated heterocycles. The fourth-order valence-electron chi connectivity index (χ4n) is 2.42. The maximum absolute atomic E-state index is 12.0. The first-order chi connectivity index (χ1) is 10.2. The molecule has 6 heteroatoms. The molecule has 21 heavy (non-hydrogen) atoms. The first kappa shape index (κ1) is 13.8. The van der Waals surface area contributed by atoms with Gasteiger partial charge in [-0.1, -0.05) is 30.3 Å². The minimum Gasteiger partial charge on any atom is -0.392 e. The Morgan fingerprint density at radius 1 is 1.38 bits per heavy atom. The van der Waals surface area contributed by atoms with Crippen LogP contribution < -0.4 is 10.6 Å². The molecule has 1 aromatic heterocycles. The summed E-state index contributed by atoms with van der Waals surface area (Å²) in [5.41, 5.74) is 1.15. The highest BCUT2D eigenvalue weighted by molar-refractivity contribution is 5.94. The van der Waals surface area contributed by atoms with Crippen LogP contribution in [0.3, 0.4) is 0 Å². The fraction of sp³-hybridized carbons (Fsp3) is 0.333. The van der Waals surface area contributed by atoms with E-state index in [1.54, 1.807) is 10.7 Å². The van der Waals surface area contributed by atoms with Crippen molar-refractivity contribution in [3.63, 3.8) is 0 Å². The van der Waals surface area contributed by atoms with E-state index in [4.69, 9.17) is 0 Å². The number of aromatic nitrogens is 2. The average molecular weight is 286 g/mol. The molecule has 0 radical (unpaired) electrons. The molecular formula is C15H18N4O2. The van der Waals surface area contributed by atoms with E-state index < -0.39 is 6.10 Å². The molecule has 1 aliphatic rings. The van der Waals surface area contributed by atoms with Gasteiger partial charge >= 0.3 is 0 Å². The van der Waals surface area contributed by atoms with Crippen LogP contribution in [0.2, 0.25) is 0 Å². The van der Waals surface area contributed by atoms with Gasteiger partial charge in [-0.3, -0.25) is 9.48 Å². The number of aliphatic hydroxyl groups is 1. The number of rotatable bonds is 4. The van der Waals surface area contributed by atoms with Crippen LogP contribution in [0.4, 0.5) is 5.82 Å². The molecule has 0 spiro atoms. The second kappa shape index (κ2) is 6.07. The van der Waals surface area contributed by atoms with Crippen molar-refractivity contribution in [2.75, 3.05) is 11.9 Å². The molecule has 3 rings (SSSR count). The van der Waals surface area contributed by atoms with E-state index >= 15 is 0 Å². The number of hydrogen-bond acceptors (Lipinski definition) is 4. The molecule has 1 amide bonds. The number of β-amino-alcohol motifs (C(OH)–C–C–N with tert-alkyl or cyclic N) is 1. The average Bonchev–Trinajstić information content (AvgIpc) is 3.09. The molecule has 0 bridgehead atoms. The number of carbonyl (C=O) groups excluding carboxylic acids is 1. The van der Waals surface area contributed by atoms with Gasteiger partial charge < -0.3 is 15.7 Å². The van der Waals surface area contributed by atoms with Gasteiger partial charge in [-0.25, -0.2) is 0 Å². The number of nitrogens with zero attached hydrogens (tertiary/aromatic N) is 2. The fourth-order valence-corrected chi connectivity index (χ4v) is 2.42. The van der Waals surface area contributed by atoms with E-state index in [2.05, 4.69) is 15.7 Å². The summed E-state index contributed by atoms with van der Waals surface area (Å²) < 4.78 is 1.78. The van der Waals surface area contributed by atoms with Crippen molar-refractivity contribution < 1.29 is 9.90 Å². The molecule has 2 aromatic rings. The Balaban J connectivity index is 1.59. The topological polar surface area (TPSA) is 79.2 Å². The minimum absolute atomic E-state index is 0.156. The molecule has 0 unspecified atom stereocenters. The van der Waals surface area contributed by atoms with Gasteiger partial charge in [0.1, 0.15) is 0 Å². The van der Waals surface area contributed by atoms with Gasteiger partial charge in [-0.2, -0.15) is 5.10 Å². The zero-order valence-corrected chi connectivity index (χ0v) is 11.6. The maximum atomic E-state index is 12.0. The summed E-state index contributed by atoms with van der Waals surface area (Å²) in [7, 11) is 0. The molecule has 110 valence electrons. The van der Waals surface area contributed by atoms with Gasteiger partial charge in [0, 0.05) is 18.8 Å². The first-order valence-electron chi connectivity index (χ1n) is 7.00. The van der Waals surface area contributed by atoms with Crippen molar-refractivity contribution in [3.8, 4) is 0 Å². The SMILES string of the molecule is O=C(Nc1ccn(Cc2ccccc2)n1)[C@H]1C[C@@H](O)CN1. The van der Waals surface area contributed by atoms with Crippen molar-refractivity contribution in [3.05, 3.63) is 48.2 Å². The lowest BCUT2D eigenvalue weighted by atomic mass is 10.2. The zero-order chi connectivity index (χ0) is 14.7. The zero-order valence-electron chi connectivity index (χ0n) is 11.6. The Labute approximate surface area is 122 Å². The van der Waals surface area contributed by atoms with Gasteiger partial charge in [0.25, 0.3) is 0 Å². The van der Waals surface area contributed by atoms with Gasteiger partial charge in [0.05, 0.1) is 18.7 Å². The lowest BCUT2D eigenvalue weighted by Crippen LogP contribution is -2.35. The van der Waals surface area contributed by atoms with Crippen molar-refractivity contribution in [1.29, 1.82) is 0 Å². The predicted molar refractivity (Wildman–Crippen MR) is 78.8 cm³/mol. The van der Waals surface area contributed by atoms with E-state index in [9.17, 15) is 9.90 Å². The number of benzene rings is 1. The Hall–Kier alpha value is -2.18. The number of carbonyl (C=O) groups is 1. The standard InChI is InChI=1S/C15H18N4O2/c20-12-8-13(16-9-12)15(21)17-14-6-7-19(18-14)10-11-4-2-1-3-5-11/h1-7,12-13,16,20H,8-10H2,(H,17,18,21)/t12-,13-/m1/s1. The number of anilines is 1. The summed E-state index contributed by atoms with van der Waals surface area (Å²) in [4.78, 5) is 12.0. The first-order valence-corrected chi connectivity index (χ1v) is 7.00. The number of hydrogen-bond donors (Lipinski definition) is 3. The summed E-state index contributed by atoms with van der Waals surface area (Å²) in [6.07, 6.45) is 1.83. The monoisotopic (exact) mass is 286 g/mol. The smallest absolute Gasteiger partial charge is 0.242 e. The maximum Gasteiger partial charge on any atom is 0.242 e. The molecular weight excluding hydrogens is 268 g/mol. The lowest BCUT2D eigenvalue weighted by molar-refractivity contribution is -0.118. The summed E-state index contributed by atoms with van der Waals surface area (Å²) in [6.45, 7) is 1.12. The number of amides is 1. The lowest BCUT2D eigenvalue weighted by Gasteiger charge is -2.08. The number of aliphatic hydroxyl groups excluding tert-OH is 1. The van der Waals surface area contributed by atoms with Crippen LogP contribution >= 0.6 is 0 Å². The van der Waals surface area contributed by atoms with Crippen LogP contribution in [0, 0.1) is 0 Å². The van der Waals surface area contributed by atoms with Crippen LogP contribution in [0.25, 0.3) is 0 Å².